The van der Waals surface area contributed by atoms with Crippen LogP contribution in [0.15, 0.2) is 23.0 Å². The number of aromatic nitrogens is 3. The first kappa shape index (κ1) is 17.2. The second-order valence-corrected chi connectivity index (χ2v) is 6.86. The Morgan fingerprint density at radius 3 is 2.96 bits per heavy atom. The van der Waals surface area contributed by atoms with Gasteiger partial charge in [0.1, 0.15) is 5.76 Å². The molecule has 1 fully saturated rings. The van der Waals surface area contributed by atoms with Crippen molar-refractivity contribution in [2.45, 2.75) is 45.2 Å². The fourth-order valence-electron chi connectivity index (χ4n) is 3.41. The summed E-state index contributed by atoms with van der Waals surface area (Å²) in [6, 6.07) is 0.598. The topological polar surface area (TPSA) is 50.3 Å². The molecule has 0 radical (unpaired) electrons. The fourth-order valence-corrected chi connectivity index (χ4v) is 3.41. The van der Waals surface area contributed by atoms with Crippen molar-refractivity contribution in [3.05, 3.63) is 35.8 Å². The smallest absolute Gasteiger partial charge is 0.208 e. The van der Waals surface area contributed by atoms with Crippen molar-refractivity contribution in [1.82, 2.24) is 24.6 Å². The fraction of sp³-hybridized carbons (Fsp3) is 0.667. The van der Waals surface area contributed by atoms with E-state index in [-0.39, 0.29) is 0 Å². The summed E-state index contributed by atoms with van der Waals surface area (Å²) in [6.07, 6.45) is 10.4. The molecule has 0 bridgehead atoms. The van der Waals surface area contributed by atoms with E-state index in [1.807, 2.05) is 24.1 Å². The molecule has 0 amide bonds. The van der Waals surface area contributed by atoms with Gasteiger partial charge in [-0.25, -0.2) is 4.98 Å². The monoisotopic (exact) mass is 331 g/mol. The van der Waals surface area contributed by atoms with Crippen LogP contribution in [0.4, 0.5) is 0 Å². The van der Waals surface area contributed by atoms with E-state index in [2.05, 4.69) is 40.1 Å². The molecule has 3 heterocycles. The third-order valence-corrected chi connectivity index (χ3v) is 4.90. The van der Waals surface area contributed by atoms with E-state index in [0.29, 0.717) is 6.04 Å². The van der Waals surface area contributed by atoms with Crippen LogP contribution in [-0.2, 0) is 26.4 Å². The highest BCUT2D eigenvalue weighted by Crippen LogP contribution is 2.17. The summed E-state index contributed by atoms with van der Waals surface area (Å²) in [6.45, 7) is 6.39. The zero-order valence-electron chi connectivity index (χ0n) is 15.1. The lowest BCUT2D eigenvalue weighted by molar-refractivity contribution is 0.205. The van der Waals surface area contributed by atoms with Crippen molar-refractivity contribution < 1.29 is 4.42 Å². The highest BCUT2D eigenvalue weighted by atomic mass is 16.4. The van der Waals surface area contributed by atoms with Crippen LogP contribution in [0.2, 0.25) is 0 Å². The minimum absolute atomic E-state index is 0.598. The first-order chi connectivity index (χ1) is 11.6. The van der Waals surface area contributed by atoms with Gasteiger partial charge >= 0.3 is 0 Å². The number of nitrogens with zero attached hydrogens (tertiary/aromatic N) is 5. The molecule has 0 N–H and O–H groups in total. The van der Waals surface area contributed by atoms with Gasteiger partial charge in [-0.3, -0.25) is 9.58 Å². The second-order valence-electron chi connectivity index (χ2n) is 6.86. The minimum atomic E-state index is 0.598. The molecule has 6 nitrogen and oxygen atoms in total. The second kappa shape index (κ2) is 7.94. The number of rotatable bonds is 8. The Balaban J connectivity index is 1.39. The molecular weight excluding hydrogens is 302 g/mol. The maximum Gasteiger partial charge on any atom is 0.208 e. The molecule has 1 aliphatic rings. The molecule has 0 aliphatic carbocycles. The van der Waals surface area contributed by atoms with Gasteiger partial charge in [0.15, 0.2) is 0 Å². The normalized spacial score (nSPS) is 18.8. The van der Waals surface area contributed by atoms with E-state index in [1.165, 1.54) is 24.9 Å². The van der Waals surface area contributed by atoms with E-state index >= 15 is 0 Å². The predicted molar refractivity (Wildman–Crippen MR) is 93.7 cm³/mol. The van der Waals surface area contributed by atoms with Crippen LogP contribution >= 0.6 is 0 Å². The Morgan fingerprint density at radius 2 is 2.25 bits per heavy atom. The first-order valence-electron chi connectivity index (χ1n) is 8.97. The Labute approximate surface area is 144 Å². The summed E-state index contributed by atoms with van der Waals surface area (Å²) in [5.74, 6) is 1.81. The molecule has 2 aromatic rings. The molecule has 2 aromatic heterocycles. The lowest BCUT2D eigenvalue weighted by Gasteiger charge is -2.23. The molecule has 0 unspecified atom stereocenters. The number of oxazole rings is 1. The third-order valence-electron chi connectivity index (χ3n) is 4.90. The Morgan fingerprint density at radius 1 is 1.38 bits per heavy atom. The van der Waals surface area contributed by atoms with Gasteiger partial charge in [0.25, 0.3) is 0 Å². The summed E-state index contributed by atoms with van der Waals surface area (Å²) < 4.78 is 7.61. The average Bonchev–Trinajstić information content (AvgIpc) is 3.29. The summed E-state index contributed by atoms with van der Waals surface area (Å²) >= 11 is 0. The number of aryl methyl sites for hydroxylation is 3. The molecule has 3 rings (SSSR count). The molecule has 6 heteroatoms. The highest BCUT2D eigenvalue weighted by Gasteiger charge is 2.26. The van der Waals surface area contributed by atoms with Crippen LogP contribution in [0, 0.1) is 0 Å². The van der Waals surface area contributed by atoms with Crippen molar-refractivity contribution in [1.29, 1.82) is 0 Å². The molecule has 1 aliphatic heterocycles. The van der Waals surface area contributed by atoms with Crippen LogP contribution in [0.1, 0.15) is 37.0 Å². The van der Waals surface area contributed by atoms with E-state index < -0.39 is 0 Å². The molecular formula is C18H29N5O. The molecule has 1 atom stereocenters. The van der Waals surface area contributed by atoms with Crippen LogP contribution in [0.25, 0.3) is 0 Å². The summed E-state index contributed by atoms with van der Waals surface area (Å²) in [5, 5.41) is 4.23. The van der Waals surface area contributed by atoms with Crippen molar-refractivity contribution in [2.75, 3.05) is 26.7 Å². The first-order valence-corrected chi connectivity index (χ1v) is 8.97. The van der Waals surface area contributed by atoms with Gasteiger partial charge in [-0.1, -0.05) is 6.92 Å². The molecule has 0 spiro atoms. The van der Waals surface area contributed by atoms with Crippen molar-refractivity contribution in [3.63, 3.8) is 0 Å². The van der Waals surface area contributed by atoms with Gasteiger partial charge in [0.05, 0.1) is 18.9 Å². The molecule has 1 saturated heterocycles. The van der Waals surface area contributed by atoms with Crippen LogP contribution in [0.3, 0.4) is 0 Å². The number of likely N-dealkylation sites (tertiary alicyclic amines) is 1. The summed E-state index contributed by atoms with van der Waals surface area (Å²) in [4.78, 5) is 9.33. The highest BCUT2D eigenvalue weighted by molar-refractivity contribution is 5.03. The number of hydrogen-bond donors (Lipinski definition) is 0. The molecule has 132 valence electrons. The van der Waals surface area contributed by atoms with Crippen molar-refractivity contribution in [2.24, 2.45) is 7.05 Å². The van der Waals surface area contributed by atoms with Crippen molar-refractivity contribution in [3.8, 4) is 0 Å². The van der Waals surface area contributed by atoms with E-state index in [4.69, 9.17) is 4.42 Å². The predicted octanol–water partition coefficient (Wildman–Crippen LogP) is 2.11. The lowest BCUT2D eigenvalue weighted by atomic mass is 10.2. The number of hydrogen-bond acceptors (Lipinski definition) is 5. The average molecular weight is 331 g/mol. The Kier molecular flexibility index (Phi) is 5.68. The maximum atomic E-state index is 5.73. The standard InChI is InChI=1S/C18H29N5O/c1-4-17-11-19-18(24-17)14-21(2)16-7-9-23(13-16)8-5-6-15-10-20-22(3)12-15/h10-12,16H,4-9,13-14H2,1-3H3/t16-/m1/s1. The summed E-state index contributed by atoms with van der Waals surface area (Å²) in [5.41, 5.74) is 1.33. The van der Waals surface area contributed by atoms with Gasteiger partial charge in [-0.05, 0) is 45.0 Å². The van der Waals surface area contributed by atoms with E-state index in [9.17, 15) is 0 Å². The van der Waals surface area contributed by atoms with Crippen LogP contribution in [0.5, 0.6) is 0 Å². The maximum absolute atomic E-state index is 5.73. The minimum Gasteiger partial charge on any atom is -0.444 e. The van der Waals surface area contributed by atoms with Crippen LogP contribution < -0.4 is 0 Å². The zero-order valence-corrected chi connectivity index (χ0v) is 15.1. The lowest BCUT2D eigenvalue weighted by Crippen LogP contribution is -2.34. The zero-order chi connectivity index (χ0) is 16.9. The van der Waals surface area contributed by atoms with Gasteiger partial charge in [-0.15, -0.1) is 0 Å². The Hall–Kier alpha value is -1.66. The quantitative estimate of drug-likeness (QED) is 0.741. The van der Waals surface area contributed by atoms with Gasteiger partial charge in [0, 0.05) is 32.3 Å². The van der Waals surface area contributed by atoms with Gasteiger partial charge in [-0.2, -0.15) is 5.10 Å². The van der Waals surface area contributed by atoms with Crippen LogP contribution in [-0.4, -0.2) is 57.3 Å². The molecule has 0 aromatic carbocycles. The Bertz CT molecular complexity index is 635. The molecule has 24 heavy (non-hydrogen) atoms. The van der Waals surface area contributed by atoms with E-state index in [1.54, 1.807) is 0 Å². The van der Waals surface area contributed by atoms with E-state index in [0.717, 1.165) is 44.1 Å². The largest absolute Gasteiger partial charge is 0.444 e. The van der Waals surface area contributed by atoms with Gasteiger partial charge < -0.3 is 9.32 Å². The third kappa shape index (κ3) is 4.45. The summed E-state index contributed by atoms with van der Waals surface area (Å²) in [7, 11) is 4.15. The number of likely N-dealkylation sites (N-methyl/N-ethyl adjacent to an activating group) is 1. The SMILES string of the molecule is CCc1cnc(CN(C)[C@@H]2CCN(CCCc3cnn(C)c3)C2)o1. The van der Waals surface area contributed by atoms with Crippen molar-refractivity contribution >= 4 is 0 Å². The van der Waals surface area contributed by atoms with Gasteiger partial charge in [0.2, 0.25) is 5.89 Å². The molecule has 0 saturated carbocycles.